The van der Waals surface area contributed by atoms with Crippen molar-refractivity contribution in [2.45, 2.75) is 26.7 Å². The first-order valence-electron chi connectivity index (χ1n) is 3.83. The van der Waals surface area contributed by atoms with E-state index in [1.54, 1.807) is 6.92 Å². The van der Waals surface area contributed by atoms with Gasteiger partial charge in [-0.05, 0) is 0 Å². The standard InChI is InChI=1S/C7H10N3O2/c1-3-5(11)8-7-10-9-6(4-2)12-7/h3-4H2,1-2H3. The molecule has 0 fully saturated rings. The van der Waals surface area contributed by atoms with Crippen LogP contribution in [0.25, 0.3) is 0 Å². The van der Waals surface area contributed by atoms with Crippen LogP contribution in [0.4, 0.5) is 0 Å². The molecule has 0 bridgehead atoms. The average molecular weight is 168 g/mol. The molecular formula is C7H10N3O2. The summed E-state index contributed by atoms with van der Waals surface area (Å²) in [5, 5.41) is 3.66. The van der Waals surface area contributed by atoms with Crippen molar-refractivity contribution in [3.8, 4) is 0 Å². The van der Waals surface area contributed by atoms with E-state index in [-0.39, 0.29) is 11.9 Å². The lowest BCUT2D eigenvalue weighted by atomic mass is 10.5. The predicted molar refractivity (Wildman–Crippen MR) is 43.7 cm³/mol. The fraction of sp³-hybridized carbons (Fsp3) is 0.571. The highest BCUT2D eigenvalue weighted by Gasteiger charge is 2.15. The zero-order valence-corrected chi connectivity index (χ0v) is 7.07. The number of amidine groups is 1. The molecule has 65 valence electrons. The van der Waals surface area contributed by atoms with Crippen molar-refractivity contribution in [2.75, 3.05) is 0 Å². The van der Waals surface area contributed by atoms with Gasteiger partial charge in [0.25, 0.3) is 0 Å². The molecule has 1 aliphatic rings. The second-order valence-electron chi connectivity index (χ2n) is 2.19. The lowest BCUT2D eigenvalue weighted by Crippen LogP contribution is -2.10. The lowest BCUT2D eigenvalue weighted by molar-refractivity contribution is -0.117. The molecule has 0 unspecified atom stereocenters. The maximum Gasteiger partial charge on any atom is 0.345 e. The van der Waals surface area contributed by atoms with Crippen LogP contribution in [-0.4, -0.2) is 17.8 Å². The van der Waals surface area contributed by atoms with Gasteiger partial charge in [-0.2, -0.15) is 4.99 Å². The topological polar surface area (TPSA) is 65.1 Å². The Bertz CT molecular complexity index is 245. The number of carbonyl (C=O) groups excluding carboxylic acids is 1. The minimum absolute atomic E-state index is 0.0544. The van der Waals surface area contributed by atoms with Crippen LogP contribution >= 0.6 is 0 Å². The van der Waals surface area contributed by atoms with Crippen LogP contribution in [0.3, 0.4) is 0 Å². The maximum absolute atomic E-state index is 10.8. The monoisotopic (exact) mass is 168 g/mol. The molecule has 0 aromatic carbocycles. The second kappa shape index (κ2) is 3.85. The summed E-state index contributed by atoms with van der Waals surface area (Å²) in [7, 11) is 0. The van der Waals surface area contributed by atoms with Crippen LogP contribution in [-0.2, 0) is 9.53 Å². The van der Waals surface area contributed by atoms with E-state index in [1.165, 1.54) is 0 Å². The van der Waals surface area contributed by atoms with Gasteiger partial charge < -0.3 is 4.74 Å². The van der Waals surface area contributed by atoms with Gasteiger partial charge in [0.1, 0.15) is 0 Å². The molecular weight excluding hydrogens is 158 g/mol. The van der Waals surface area contributed by atoms with Crippen LogP contribution < -0.4 is 5.43 Å². The first-order valence-corrected chi connectivity index (χ1v) is 3.83. The van der Waals surface area contributed by atoms with Crippen molar-refractivity contribution in [3.63, 3.8) is 0 Å². The number of hydrogen-bond acceptors (Lipinski definition) is 3. The first-order chi connectivity index (χ1) is 5.76. The third-order valence-electron chi connectivity index (χ3n) is 1.28. The van der Waals surface area contributed by atoms with Crippen molar-refractivity contribution in [2.24, 2.45) is 10.1 Å². The van der Waals surface area contributed by atoms with E-state index in [4.69, 9.17) is 4.74 Å². The molecule has 1 aliphatic heterocycles. The Labute approximate surface area is 70.5 Å². The van der Waals surface area contributed by atoms with E-state index in [9.17, 15) is 4.79 Å². The molecule has 1 rings (SSSR count). The molecule has 0 aromatic rings. The zero-order valence-electron chi connectivity index (χ0n) is 7.07. The van der Waals surface area contributed by atoms with Crippen LogP contribution in [0, 0.1) is 0 Å². The third kappa shape index (κ3) is 2.05. The molecule has 1 heterocycles. The van der Waals surface area contributed by atoms with Gasteiger partial charge in [0.2, 0.25) is 11.8 Å². The summed E-state index contributed by atoms with van der Waals surface area (Å²) >= 11 is 0. The summed E-state index contributed by atoms with van der Waals surface area (Å²) in [4.78, 5) is 14.4. The number of ether oxygens (including phenoxy) is 1. The van der Waals surface area contributed by atoms with E-state index < -0.39 is 0 Å². The highest BCUT2D eigenvalue weighted by atomic mass is 16.5. The fourth-order valence-electron chi connectivity index (χ4n) is 0.619. The smallest absolute Gasteiger partial charge is 0.345 e. The zero-order chi connectivity index (χ0) is 8.97. The largest absolute Gasteiger partial charge is 0.406 e. The minimum atomic E-state index is -0.249. The van der Waals surface area contributed by atoms with Gasteiger partial charge >= 0.3 is 6.02 Å². The van der Waals surface area contributed by atoms with Crippen LogP contribution in [0.2, 0.25) is 0 Å². The van der Waals surface area contributed by atoms with E-state index in [0.29, 0.717) is 18.7 Å². The van der Waals surface area contributed by atoms with Crippen molar-refractivity contribution >= 4 is 17.8 Å². The Kier molecular flexibility index (Phi) is 2.79. The molecule has 0 saturated carbocycles. The molecule has 0 N–H and O–H groups in total. The molecule has 0 saturated heterocycles. The van der Waals surface area contributed by atoms with Crippen molar-refractivity contribution < 1.29 is 9.53 Å². The molecule has 0 atom stereocenters. The Morgan fingerprint density at radius 2 is 2.33 bits per heavy atom. The van der Waals surface area contributed by atoms with Gasteiger partial charge in [-0.1, -0.05) is 19.3 Å². The highest BCUT2D eigenvalue weighted by Crippen LogP contribution is 1.99. The summed E-state index contributed by atoms with van der Waals surface area (Å²) in [6.45, 7) is 3.61. The van der Waals surface area contributed by atoms with E-state index in [2.05, 4.69) is 15.5 Å². The fourth-order valence-corrected chi connectivity index (χ4v) is 0.619. The maximum atomic E-state index is 10.8. The third-order valence-corrected chi connectivity index (χ3v) is 1.28. The molecule has 1 radical (unpaired) electrons. The Morgan fingerprint density at radius 1 is 1.58 bits per heavy atom. The van der Waals surface area contributed by atoms with Crippen molar-refractivity contribution in [3.05, 3.63) is 0 Å². The quantitative estimate of drug-likeness (QED) is 0.607. The van der Waals surface area contributed by atoms with Gasteiger partial charge in [0.05, 0.1) is 0 Å². The summed E-state index contributed by atoms with van der Waals surface area (Å²) in [5.74, 6) is 0.249. The first kappa shape index (κ1) is 8.70. The SMILES string of the molecule is CCC(=O)N=C1[N]N=C(CC)O1. The number of carbonyl (C=O) groups is 1. The lowest BCUT2D eigenvalue weighted by Gasteiger charge is -1.93. The molecule has 12 heavy (non-hydrogen) atoms. The van der Waals surface area contributed by atoms with Gasteiger partial charge in [-0.3, -0.25) is 4.79 Å². The highest BCUT2D eigenvalue weighted by molar-refractivity contribution is 5.99. The predicted octanol–water partition coefficient (Wildman–Crippen LogP) is 0.637. The number of nitrogens with zero attached hydrogens (tertiary/aromatic N) is 3. The van der Waals surface area contributed by atoms with Crippen LogP contribution in [0.1, 0.15) is 26.7 Å². The summed E-state index contributed by atoms with van der Waals surface area (Å²) in [5.41, 5.74) is 3.57. The molecule has 5 heteroatoms. The normalized spacial score (nSPS) is 18.5. The van der Waals surface area contributed by atoms with Crippen LogP contribution in [0.5, 0.6) is 0 Å². The summed E-state index contributed by atoms with van der Waals surface area (Å²) in [6.07, 6.45) is 1.01. The second-order valence-corrected chi connectivity index (χ2v) is 2.19. The van der Waals surface area contributed by atoms with Crippen LogP contribution in [0.15, 0.2) is 10.1 Å². The van der Waals surface area contributed by atoms with E-state index in [1.807, 2.05) is 6.92 Å². The van der Waals surface area contributed by atoms with Gasteiger partial charge in [0, 0.05) is 12.8 Å². The summed E-state index contributed by atoms with van der Waals surface area (Å²) < 4.78 is 5.00. The van der Waals surface area contributed by atoms with E-state index in [0.717, 1.165) is 0 Å². The Morgan fingerprint density at radius 3 is 2.83 bits per heavy atom. The summed E-state index contributed by atoms with van der Waals surface area (Å²) in [6, 6.07) is 0.0544. The minimum Gasteiger partial charge on any atom is -0.406 e. The van der Waals surface area contributed by atoms with Crippen molar-refractivity contribution in [1.82, 2.24) is 5.43 Å². The molecule has 0 aliphatic carbocycles. The van der Waals surface area contributed by atoms with Gasteiger partial charge in [0.15, 0.2) is 0 Å². The molecule has 0 aromatic heterocycles. The average Bonchev–Trinajstić information content (AvgIpc) is 2.52. The molecule has 1 amide bonds. The van der Waals surface area contributed by atoms with E-state index >= 15 is 0 Å². The Hall–Kier alpha value is -1.39. The number of aliphatic imine (C=N–C) groups is 1. The number of rotatable bonds is 2. The molecule has 0 spiro atoms. The van der Waals surface area contributed by atoms with Crippen molar-refractivity contribution in [1.29, 1.82) is 0 Å². The van der Waals surface area contributed by atoms with Gasteiger partial charge in [-0.25, -0.2) is 0 Å². The Balaban J connectivity index is 2.50. The van der Waals surface area contributed by atoms with Gasteiger partial charge in [-0.15, -0.1) is 5.10 Å². The number of amides is 1. The number of hydrogen-bond donors (Lipinski definition) is 0. The molecule has 5 nitrogen and oxygen atoms in total.